The lowest BCUT2D eigenvalue weighted by Crippen LogP contribution is -2.59. The van der Waals surface area contributed by atoms with E-state index in [0.717, 1.165) is 5.57 Å². The number of benzene rings is 1. The number of esters is 1. The second-order valence-corrected chi connectivity index (χ2v) is 9.65. The molecule has 0 bridgehead atoms. The Bertz CT molecular complexity index is 1370. The fraction of sp³-hybridized carbons (Fsp3) is 0.300. The van der Waals surface area contributed by atoms with Crippen molar-refractivity contribution in [2.75, 3.05) is 7.11 Å². The topological polar surface area (TPSA) is 116 Å². The normalized spacial score (nSPS) is 24.9. The zero-order valence-electron chi connectivity index (χ0n) is 21.5. The summed E-state index contributed by atoms with van der Waals surface area (Å²) >= 11 is 0. The highest BCUT2D eigenvalue weighted by Gasteiger charge is 2.57. The average Bonchev–Trinajstić information content (AvgIpc) is 2.92. The number of allylic oxidation sites excluding steroid dienone is 3. The molecule has 1 saturated carbocycles. The van der Waals surface area contributed by atoms with Crippen LogP contribution in [0.4, 0.5) is 0 Å². The van der Waals surface area contributed by atoms with Crippen LogP contribution < -0.4 is 0 Å². The lowest BCUT2D eigenvalue weighted by molar-refractivity contribution is -0.168. The lowest BCUT2D eigenvalue weighted by atomic mass is 9.64. The third-order valence-electron chi connectivity index (χ3n) is 7.27. The molecule has 4 unspecified atom stereocenters. The van der Waals surface area contributed by atoms with Crippen LogP contribution in [0.2, 0.25) is 0 Å². The first-order valence-corrected chi connectivity index (χ1v) is 12.2. The number of carbonyl (C=O) groups is 3. The number of fused-ring (bicyclic) bond motifs is 1. The first-order valence-electron chi connectivity index (χ1n) is 12.2. The van der Waals surface area contributed by atoms with Gasteiger partial charge in [-0.15, -0.1) is 0 Å². The SMILES string of the molecule is C=C(C)C1CC(OC(=O)c2ccc(C#N)cc2)C2(C)OC(/C=C(\OC)c3cccnc3)=C(C=O)C(=O)C2C1. The number of hydrogen-bond donors (Lipinski definition) is 0. The van der Waals surface area contributed by atoms with E-state index in [0.29, 0.717) is 36.0 Å². The molecular formula is C30H28N2O6. The van der Waals surface area contributed by atoms with Crippen molar-refractivity contribution in [2.45, 2.75) is 38.4 Å². The summed E-state index contributed by atoms with van der Waals surface area (Å²) in [5.74, 6) is -1.45. The van der Waals surface area contributed by atoms with Crippen molar-refractivity contribution in [3.05, 3.63) is 95.0 Å². The number of nitriles is 1. The van der Waals surface area contributed by atoms with Gasteiger partial charge in [-0.05, 0) is 69.0 Å². The second-order valence-electron chi connectivity index (χ2n) is 9.65. The minimum atomic E-state index is -1.25. The van der Waals surface area contributed by atoms with Gasteiger partial charge in [-0.2, -0.15) is 5.26 Å². The zero-order valence-corrected chi connectivity index (χ0v) is 21.5. The van der Waals surface area contributed by atoms with Gasteiger partial charge >= 0.3 is 5.97 Å². The van der Waals surface area contributed by atoms with E-state index in [4.69, 9.17) is 19.5 Å². The summed E-state index contributed by atoms with van der Waals surface area (Å²) in [4.78, 5) is 43.0. The molecule has 2 aromatic rings. The second kappa shape index (κ2) is 10.9. The molecule has 1 fully saturated rings. The maximum Gasteiger partial charge on any atom is 0.338 e. The number of aldehydes is 1. The molecule has 0 radical (unpaired) electrons. The number of aromatic nitrogens is 1. The van der Waals surface area contributed by atoms with E-state index in [-0.39, 0.29) is 28.6 Å². The maximum atomic E-state index is 13.7. The molecule has 0 N–H and O–H groups in total. The van der Waals surface area contributed by atoms with E-state index in [1.165, 1.54) is 37.5 Å². The van der Waals surface area contributed by atoms with Crippen LogP contribution in [0.25, 0.3) is 5.76 Å². The Morgan fingerprint density at radius 3 is 2.55 bits per heavy atom. The molecule has 38 heavy (non-hydrogen) atoms. The van der Waals surface area contributed by atoms with Gasteiger partial charge in [-0.3, -0.25) is 14.6 Å². The molecule has 0 amide bonds. The van der Waals surface area contributed by atoms with Crippen molar-refractivity contribution in [1.82, 2.24) is 4.98 Å². The fourth-order valence-electron chi connectivity index (χ4n) is 4.99. The molecule has 1 aliphatic carbocycles. The highest BCUT2D eigenvalue weighted by Crippen LogP contribution is 2.48. The molecule has 0 spiro atoms. The Balaban J connectivity index is 1.75. The van der Waals surface area contributed by atoms with Gasteiger partial charge in [0.1, 0.15) is 17.6 Å². The Morgan fingerprint density at radius 2 is 1.97 bits per heavy atom. The van der Waals surface area contributed by atoms with Crippen molar-refractivity contribution < 1.29 is 28.6 Å². The van der Waals surface area contributed by atoms with Crippen molar-refractivity contribution in [3.63, 3.8) is 0 Å². The first-order chi connectivity index (χ1) is 18.2. The monoisotopic (exact) mass is 512 g/mol. The third-order valence-corrected chi connectivity index (χ3v) is 7.27. The van der Waals surface area contributed by atoms with Gasteiger partial charge in [-0.25, -0.2) is 4.79 Å². The molecule has 1 aromatic carbocycles. The molecule has 4 atom stereocenters. The Labute approximate surface area is 221 Å². The van der Waals surface area contributed by atoms with Crippen LogP contribution in [0.3, 0.4) is 0 Å². The zero-order chi connectivity index (χ0) is 27.4. The number of pyridine rings is 1. The summed E-state index contributed by atoms with van der Waals surface area (Å²) in [5, 5.41) is 9.05. The fourth-order valence-corrected chi connectivity index (χ4v) is 4.99. The minimum Gasteiger partial charge on any atom is -0.496 e. The van der Waals surface area contributed by atoms with Crippen molar-refractivity contribution in [3.8, 4) is 6.07 Å². The summed E-state index contributed by atoms with van der Waals surface area (Å²) in [7, 11) is 1.47. The summed E-state index contributed by atoms with van der Waals surface area (Å²) in [6.07, 6.45) is 5.17. The summed E-state index contributed by atoms with van der Waals surface area (Å²) in [5.41, 5.74) is 0.805. The highest BCUT2D eigenvalue weighted by atomic mass is 16.6. The standard InChI is InChI=1S/C30H28N2O6/c1-18(2)22-12-24-28(34)23(17-33)26(14-25(36-4)21-6-5-11-32-16-21)38-30(24,3)27(13-22)37-29(35)20-9-7-19(15-31)8-10-20/h5-11,14,16-17,22,24,27H,1,12-13H2,2-4H3/b25-14-. The van der Waals surface area contributed by atoms with E-state index < -0.39 is 23.6 Å². The van der Waals surface area contributed by atoms with Crippen LogP contribution in [0.1, 0.15) is 48.2 Å². The molecule has 194 valence electrons. The van der Waals surface area contributed by atoms with Gasteiger partial charge in [0.2, 0.25) is 0 Å². The van der Waals surface area contributed by atoms with Crippen molar-refractivity contribution in [2.24, 2.45) is 11.8 Å². The predicted molar refractivity (Wildman–Crippen MR) is 138 cm³/mol. The van der Waals surface area contributed by atoms with Gasteiger partial charge in [0.25, 0.3) is 0 Å². The number of Topliss-reactive ketones (excluding diaryl/α,β-unsaturated/α-hetero) is 1. The lowest BCUT2D eigenvalue weighted by Gasteiger charge is -2.50. The van der Waals surface area contributed by atoms with Crippen LogP contribution >= 0.6 is 0 Å². The number of ketones is 1. The van der Waals surface area contributed by atoms with Crippen molar-refractivity contribution in [1.29, 1.82) is 5.26 Å². The van der Waals surface area contributed by atoms with Crippen LogP contribution in [0.15, 0.2) is 78.4 Å². The van der Waals surface area contributed by atoms with Gasteiger partial charge in [-0.1, -0.05) is 12.2 Å². The molecule has 8 heteroatoms. The van der Waals surface area contributed by atoms with Gasteiger partial charge < -0.3 is 14.2 Å². The average molecular weight is 513 g/mol. The van der Waals surface area contributed by atoms with E-state index in [1.807, 2.05) is 13.0 Å². The first kappa shape index (κ1) is 26.6. The van der Waals surface area contributed by atoms with Gasteiger partial charge in [0.05, 0.1) is 35.8 Å². The van der Waals surface area contributed by atoms with Crippen LogP contribution in [-0.2, 0) is 23.8 Å². The largest absolute Gasteiger partial charge is 0.496 e. The molecule has 0 saturated heterocycles. The number of carbonyl (C=O) groups excluding carboxylic acids is 3. The quantitative estimate of drug-likeness (QED) is 0.174. The summed E-state index contributed by atoms with van der Waals surface area (Å²) in [6, 6.07) is 11.6. The Morgan fingerprint density at radius 1 is 1.24 bits per heavy atom. The smallest absolute Gasteiger partial charge is 0.338 e. The van der Waals surface area contributed by atoms with Crippen LogP contribution in [-0.4, -0.2) is 41.8 Å². The van der Waals surface area contributed by atoms with Gasteiger partial charge in [0, 0.05) is 24.0 Å². The van der Waals surface area contributed by atoms with E-state index in [2.05, 4.69) is 11.6 Å². The number of nitrogens with zero attached hydrogens (tertiary/aromatic N) is 2. The minimum absolute atomic E-state index is 0.0395. The van der Waals surface area contributed by atoms with Crippen LogP contribution in [0, 0.1) is 23.2 Å². The third kappa shape index (κ3) is 5.00. The molecule has 1 aromatic heterocycles. The van der Waals surface area contributed by atoms with Crippen molar-refractivity contribution >= 4 is 23.8 Å². The summed E-state index contributed by atoms with van der Waals surface area (Å²) < 4.78 is 17.9. The molecule has 2 aliphatic rings. The number of methoxy groups -OCH3 is 1. The van der Waals surface area contributed by atoms with E-state index >= 15 is 0 Å². The molecule has 8 nitrogen and oxygen atoms in total. The maximum absolute atomic E-state index is 13.7. The number of rotatable bonds is 7. The number of ether oxygens (including phenoxy) is 3. The number of hydrogen-bond acceptors (Lipinski definition) is 8. The molecule has 1 aliphatic heterocycles. The molecular weight excluding hydrogens is 484 g/mol. The molecule has 2 heterocycles. The van der Waals surface area contributed by atoms with Crippen LogP contribution in [0.5, 0.6) is 0 Å². The Hall–Kier alpha value is -4.51. The predicted octanol–water partition coefficient (Wildman–Crippen LogP) is 4.58. The summed E-state index contributed by atoms with van der Waals surface area (Å²) in [6.45, 7) is 7.65. The van der Waals surface area contributed by atoms with E-state index in [1.54, 1.807) is 31.5 Å². The van der Waals surface area contributed by atoms with Gasteiger partial charge in [0.15, 0.2) is 17.7 Å². The molecule has 4 rings (SSSR count). The van der Waals surface area contributed by atoms with E-state index in [9.17, 15) is 14.4 Å². The highest BCUT2D eigenvalue weighted by molar-refractivity contribution is 6.14. The Kier molecular flexibility index (Phi) is 7.58.